The predicted octanol–water partition coefficient (Wildman–Crippen LogP) is 2.45. The molecule has 0 amide bonds. The highest BCUT2D eigenvalue weighted by Crippen LogP contribution is 2.12. The van der Waals surface area contributed by atoms with Gasteiger partial charge in [0.15, 0.2) is 0 Å². The molecular weight excluding hydrogens is 258 g/mol. The standard InChI is InChI=1S/C15H17NO4/c1-11-3-2-4-12(9-11)19-8-6-16-10-14-13(15(17)18)5-7-20-14/h2-5,7,9,16H,6,8,10H2,1H3,(H,17,18). The van der Waals surface area contributed by atoms with Crippen molar-refractivity contribution in [2.75, 3.05) is 13.2 Å². The van der Waals surface area contributed by atoms with Gasteiger partial charge in [0.2, 0.25) is 0 Å². The van der Waals surface area contributed by atoms with Crippen molar-refractivity contribution in [2.24, 2.45) is 0 Å². The minimum atomic E-state index is -0.980. The average Bonchev–Trinajstić information content (AvgIpc) is 2.87. The van der Waals surface area contributed by atoms with Gasteiger partial charge in [0.25, 0.3) is 0 Å². The smallest absolute Gasteiger partial charge is 0.339 e. The molecule has 0 saturated heterocycles. The van der Waals surface area contributed by atoms with Crippen molar-refractivity contribution in [2.45, 2.75) is 13.5 Å². The number of benzene rings is 1. The summed E-state index contributed by atoms with van der Waals surface area (Å²) in [5.74, 6) is 0.274. The van der Waals surface area contributed by atoms with Crippen LogP contribution in [-0.2, 0) is 6.54 Å². The lowest BCUT2D eigenvalue weighted by Gasteiger charge is -2.07. The van der Waals surface area contributed by atoms with E-state index in [9.17, 15) is 4.79 Å². The van der Waals surface area contributed by atoms with Crippen LogP contribution in [-0.4, -0.2) is 24.2 Å². The number of hydrogen-bond acceptors (Lipinski definition) is 4. The van der Waals surface area contributed by atoms with Gasteiger partial charge in [-0.05, 0) is 30.7 Å². The number of aryl methyl sites for hydroxylation is 1. The van der Waals surface area contributed by atoms with E-state index in [0.29, 0.717) is 25.5 Å². The quantitative estimate of drug-likeness (QED) is 0.759. The number of furan rings is 1. The first-order valence-corrected chi connectivity index (χ1v) is 6.36. The van der Waals surface area contributed by atoms with Gasteiger partial charge in [-0.15, -0.1) is 0 Å². The van der Waals surface area contributed by atoms with Crippen molar-refractivity contribution in [3.63, 3.8) is 0 Å². The first-order chi connectivity index (χ1) is 9.66. The van der Waals surface area contributed by atoms with Gasteiger partial charge in [-0.3, -0.25) is 0 Å². The largest absolute Gasteiger partial charge is 0.492 e. The van der Waals surface area contributed by atoms with E-state index in [1.54, 1.807) is 0 Å². The Bertz CT molecular complexity index is 577. The van der Waals surface area contributed by atoms with Crippen LogP contribution in [0, 0.1) is 6.92 Å². The Morgan fingerprint density at radius 3 is 3.00 bits per heavy atom. The Kier molecular flexibility index (Phi) is 4.79. The molecule has 0 radical (unpaired) electrons. The number of rotatable bonds is 7. The van der Waals surface area contributed by atoms with Crippen LogP contribution in [0.1, 0.15) is 21.7 Å². The van der Waals surface area contributed by atoms with Crippen molar-refractivity contribution < 1.29 is 19.1 Å². The minimum absolute atomic E-state index is 0.192. The first kappa shape index (κ1) is 14.1. The van der Waals surface area contributed by atoms with E-state index in [1.165, 1.54) is 12.3 Å². The molecule has 5 heteroatoms. The molecule has 0 saturated carbocycles. The van der Waals surface area contributed by atoms with Gasteiger partial charge >= 0.3 is 5.97 Å². The molecule has 1 heterocycles. The Morgan fingerprint density at radius 1 is 1.40 bits per heavy atom. The third-order valence-corrected chi connectivity index (χ3v) is 2.80. The Morgan fingerprint density at radius 2 is 2.25 bits per heavy atom. The highest BCUT2D eigenvalue weighted by Gasteiger charge is 2.12. The highest BCUT2D eigenvalue weighted by molar-refractivity contribution is 5.88. The van der Waals surface area contributed by atoms with Crippen LogP contribution in [0.5, 0.6) is 5.75 Å². The average molecular weight is 275 g/mol. The third-order valence-electron chi connectivity index (χ3n) is 2.80. The zero-order chi connectivity index (χ0) is 14.4. The fourth-order valence-corrected chi connectivity index (χ4v) is 1.82. The molecule has 2 aromatic rings. The summed E-state index contributed by atoms with van der Waals surface area (Å²) in [6.07, 6.45) is 1.38. The molecule has 0 aliphatic rings. The number of carbonyl (C=O) groups is 1. The molecule has 0 aliphatic heterocycles. The maximum Gasteiger partial charge on any atom is 0.339 e. The molecule has 0 bridgehead atoms. The van der Waals surface area contributed by atoms with E-state index in [4.69, 9.17) is 14.3 Å². The Balaban J connectivity index is 1.72. The van der Waals surface area contributed by atoms with Gasteiger partial charge in [0.05, 0.1) is 12.8 Å². The third kappa shape index (κ3) is 3.86. The highest BCUT2D eigenvalue weighted by atomic mass is 16.5. The van der Waals surface area contributed by atoms with Crippen LogP contribution >= 0.6 is 0 Å². The van der Waals surface area contributed by atoms with Gasteiger partial charge in [0, 0.05) is 6.54 Å². The SMILES string of the molecule is Cc1cccc(OCCNCc2occc2C(=O)O)c1. The van der Waals surface area contributed by atoms with E-state index >= 15 is 0 Å². The monoisotopic (exact) mass is 275 g/mol. The van der Waals surface area contributed by atoms with Gasteiger partial charge in [-0.2, -0.15) is 0 Å². The van der Waals surface area contributed by atoms with Crippen LogP contribution in [0.15, 0.2) is 41.0 Å². The number of ether oxygens (including phenoxy) is 1. The summed E-state index contributed by atoms with van der Waals surface area (Å²) in [5, 5.41) is 12.0. The Hall–Kier alpha value is -2.27. The summed E-state index contributed by atoms with van der Waals surface area (Å²) >= 11 is 0. The summed E-state index contributed by atoms with van der Waals surface area (Å²) < 4.78 is 10.7. The van der Waals surface area contributed by atoms with Crippen LogP contribution in [0.2, 0.25) is 0 Å². The maximum atomic E-state index is 10.9. The topological polar surface area (TPSA) is 71.7 Å². The van der Waals surface area contributed by atoms with E-state index in [0.717, 1.165) is 11.3 Å². The lowest BCUT2D eigenvalue weighted by atomic mass is 10.2. The second-order valence-corrected chi connectivity index (χ2v) is 4.40. The van der Waals surface area contributed by atoms with Gasteiger partial charge in [-0.25, -0.2) is 4.79 Å². The summed E-state index contributed by atoms with van der Waals surface area (Å²) in [7, 11) is 0. The molecule has 2 rings (SSSR count). The lowest BCUT2D eigenvalue weighted by Crippen LogP contribution is -2.21. The normalized spacial score (nSPS) is 10.4. The molecule has 0 aliphatic carbocycles. The van der Waals surface area contributed by atoms with Crippen LogP contribution < -0.4 is 10.1 Å². The lowest BCUT2D eigenvalue weighted by molar-refractivity contribution is 0.0694. The van der Waals surface area contributed by atoms with Gasteiger partial charge < -0.3 is 19.6 Å². The predicted molar refractivity (Wildman–Crippen MR) is 74.0 cm³/mol. The zero-order valence-corrected chi connectivity index (χ0v) is 11.3. The summed E-state index contributed by atoms with van der Waals surface area (Å²) in [6.45, 7) is 3.49. The van der Waals surface area contributed by atoms with Crippen molar-refractivity contribution in [3.8, 4) is 5.75 Å². The maximum absolute atomic E-state index is 10.9. The molecule has 106 valence electrons. The molecule has 20 heavy (non-hydrogen) atoms. The Labute approximate surface area is 117 Å². The number of aromatic carboxylic acids is 1. The molecular formula is C15H17NO4. The second kappa shape index (κ2) is 6.77. The van der Waals surface area contributed by atoms with Gasteiger partial charge in [-0.1, -0.05) is 12.1 Å². The number of carboxylic acids is 1. The minimum Gasteiger partial charge on any atom is -0.492 e. The van der Waals surface area contributed by atoms with E-state index < -0.39 is 5.97 Å². The summed E-state index contributed by atoms with van der Waals surface area (Å²) in [5.41, 5.74) is 1.34. The molecule has 0 spiro atoms. The molecule has 0 fully saturated rings. The van der Waals surface area contributed by atoms with E-state index in [1.807, 2.05) is 31.2 Å². The fraction of sp³-hybridized carbons (Fsp3) is 0.267. The number of nitrogens with one attached hydrogen (secondary N) is 1. The van der Waals surface area contributed by atoms with Gasteiger partial charge in [0.1, 0.15) is 23.7 Å². The number of hydrogen-bond donors (Lipinski definition) is 2. The summed E-state index contributed by atoms with van der Waals surface area (Å²) in [4.78, 5) is 10.9. The van der Waals surface area contributed by atoms with Crippen molar-refractivity contribution in [3.05, 3.63) is 53.5 Å². The zero-order valence-electron chi connectivity index (χ0n) is 11.3. The second-order valence-electron chi connectivity index (χ2n) is 4.40. The van der Waals surface area contributed by atoms with E-state index in [2.05, 4.69) is 5.32 Å². The molecule has 0 unspecified atom stereocenters. The van der Waals surface area contributed by atoms with E-state index in [-0.39, 0.29) is 5.56 Å². The number of carboxylic acid groups (broad SMARTS) is 1. The van der Waals surface area contributed by atoms with Crippen LogP contribution in [0.3, 0.4) is 0 Å². The molecule has 1 aromatic heterocycles. The fourth-order valence-electron chi connectivity index (χ4n) is 1.82. The molecule has 0 atom stereocenters. The first-order valence-electron chi connectivity index (χ1n) is 6.36. The van der Waals surface area contributed by atoms with Crippen molar-refractivity contribution >= 4 is 5.97 Å². The van der Waals surface area contributed by atoms with Crippen molar-refractivity contribution in [1.82, 2.24) is 5.32 Å². The summed E-state index contributed by atoms with van der Waals surface area (Å²) in [6, 6.07) is 9.27. The van der Waals surface area contributed by atoms with Crippen molar-refractivity contribution in [1.29, 1.82) is 0 Å². The molecule has 2 N–H and O–H groups in total. The molecule has 1 aromatic carbocycles. The molecule has 5 nitrogen and oxygen atoms in total. The van der Waals surface area contributed by atoms with Crippen LogP contribution in [0.4, 0.5) is 0 Å². The van der Waals surface area contributed by atoms with Crippen LogP contribution in [0.25, 0.3) is 0 Å².